The lowest BCUT2D eigenvalue weighted by Crippen LogP contribution is -2.23. The van der Waals surface area contributed by atoms with E-state index in [0.717, 1.165) is 0 Å². The fourth-order valence-electron chi connectivity index (χ4n) is 2.19. The number of hydrogen-bond donors (Lipinski definition) is 1. The van der Waals surface area contributed by atoms with Crippen molar-refractivity contribution >= 4 is 17.0 Å². The molecular weight excluding hydrogens is 287 g/mol. The van der Waals surface area contributed by atoms with Crippen LogP contribution in [0.2, 0.25) is 0 Å². The quantitative estimate of drug-likeness (QED) is 0.806. The smallest absolute Gasteiger partial charge is 0.408 e. The lowest BCUT2D eigenvalue weighted by atomic mass is 10.1. The summed E-state index contributed by atoms with van der Waals surface area (Å²) in [5.74, 6) is -1.22. The van der Waals surface area contributed by atoms with Gasteiger partial charge in [0.15, 0.2) is 5.58 Å². The number of halogens is 1. The van der Waals surface area contributed by atoms with Crippen LogP contribution in [0.15, 0.2) is 51.7 Å². The minimum Gasteiger partial charge on any atom is -0.408 e. The molecule has 0 aliphatic heterocycles. The number of carbonyl (C=O) groups is 1. The van der Waals surface area contributed by atoms with Crippen LogP contribution in [0.4, 0.5) is 4.39 Å². The zero-order chi connectivity index (χ0) is 15.7. The highest BCUT2D eigenvalue weighted by Gasteiger charge is 2.11. The van der Waals surface area contributed by atoms with E-state index in [2.05, 4.69) is 5.32 Å². The largest absolute Gasteiger partial charge is 0.419 e. The number of hydrogen-bond acceptors (Lipinski definition) is 3. The van der Waals surface area contributed by atoms with Crippen molar-refractivity contribution in [3.05, 3.63) is 70.0 Å². The summed E-state index contributed by atoms with van der Waals surface area (Å²) < 4.78 is 19.9. The number of oxazole rings is 1. The molecule has 0 bridgehead atoms. The fourth-order valence-corrected chi connectivity index (χ4v) is 2.19. The summed E-state index contributed by atoms with van der Waals surface area (Å²) in [6.45, 7) is 0.0856. The van der Waals surface area contributed by atoms with Gasteiger partial charge < -0.3 is 9.73 Å². The fraction of sp³-hybridized carbons (Fsp3) is 0.125. The molecule has 0 atom stereocenters. The summed E-state index contributed by atoms with van der Waals surface area (Å²) in [6, 6.07) is 11.0. The van der Waals surface area contributed by atoms with Crippen molar-refractivity contribution in [2.75, 3.05) is 0 Å². The molecule has 3 rings (SSSR count). The Bertz CT molecular complexity index is 911. The Morgan fingerprint density at radius 1 is 1.27 bits per heavy atom. The Balaban J connectivity index is 1.80. The van der Waals surface area contributed by atoms with Gasteiger partial charge in [0.05, 0.1) is 5.52 Å². The number of amides is 1. The van der Waals surface area contributed by atoms with Crippen LogP contribution in [0, 0.1) is 5.82 Å². The molecule has 0 spiro atoms. The van der Waals surface area contributed by atoms with Crippen molar-refractivity contribution < 1.29 is 13.6 Å². The van der Waals surface area contributed by atoms with E-state index < -0.39 is 5.76 Å². The second kappa shape index (κ2) is 5.48. The maximum Gasteiger partial charge on any atom is 0.419 e. The second-order valence-corrected chi connectivity index (χ2v) is 4.88. The number of nitrogens with one attached hydrogen (secondary N) is 1. The number of benzene rings is 2. The van der Waals surface area contributed by atoms with Crippen molar-refractivity contribution in [1.29, 1.82) is 0 Å². The van der Waals surface area contributed by atoms with Crippen molar-refractivity contribution in [2.24, 2.45) is 7.05 Å². The molecule has 0 saturated carbocycles. The molecule has 1 N–H and O–H groups in total. The van der Waals surface area contributed by atoms with E-state index in [0.29, 0.717) is 22.2 Å². The molecule has 1 amide bonds. The van der Waals surface area contributed by atoms with Gasteiger partial charge in [-0.05, 0) is 24.3 Å². The van der Waals surface area contributed by atoms with E-state index in [1.165, 1.54) is 16.7 Å². The number of fused-ring (bicyclic) bond motifs is 1. The van der Waals surface area contributed by atoms with Crippen LogP contribution in [0.25, 0.3) is 11.1 Å². The number of aryl methyl sites for hydroxylation is 1. The predicted molar refractivity (Wildman–Crippen MR) is 79.0 cm³/mol. The summed E-state index contributed by atoms with van der Waals surface area (Å²) in [5.41, 5.74) is 1.70. The molecule has 0 aliphatic rings. The van der Waals surface area contributed by atoms with Crippen LogP contribution in [-0.2, 0) is 13.6 Å². The standard InChI is InChI=1S/C16H13FN2O3/c1-19-13-7-6-10(8-14(13)22-16(19)21)15(20)18-9-11-4-2-3-5-12(11)17/h2-8H,9H2,1H3,(H,18,20). The molecule has 3 aromatic rings. The van der Waals surface area contributed by atoms with Gasteiger partial charge in [-0.3, -0.25) is 9.36 Å². The van der Waals surface area contributed by atoms with Gasteiger partial charge in [0.25, 0.3) is 5.91 Å². The van der Waals surface area contributed by atoms with E-state index in [9.17, 15) is 14.0 Å². The van der Waals surface area contributed by atoms with E-state index in [1.54, 1.807) is 37.4 Å². The highest BCUT2D eigenvalue weighted by Crippen LogP contribution is 2.14. The monoisotopic (exact) mass is 300 g/mol. The molecule has 0 saturated heterocycles. The number of carbonyl (C=O) groups excluding carboxylic acids is 1. The summed E-state index contributed by atoms with van der Waals surface area (Å²) in [6.07, 6.45) is 0. The Morgan fingerprint density at radius 2 is 2.05 bits per heavy atom. The molecule has 0 unspecified atom stereocenters. The molecule has 0 aliphatic carbocycles. The van der Waals surface area contributed by atoms with Gasteiger partial charge in [-0.1, -0.05) is 18.2 Å². The Kier molecular flexibility index (Phi) is 3.50. The van der Waals surface area contributed by atoms with Crippen molar-refractivity contribution in [2.45, 2.75) is 6.54 Å². The maximum atomic E-state index is 13.5. The SMILES string of the molecule is Cn1c(=O)oc2cc(C(=O)NCc3ccccc3F)ccc21. The molecule has 5 nitrogen and oxygen atoms in total. The first-order valence-electron chi connectivity index (χ1n) is 6.67. The molecule has 0 fully saturated rings. The third-order valence-electron chi connectivity index (χ3n) is 3.45. The molecule has 22 heavy (non-hydrogen) atoms. The average Bonchev–Trinajstić information content (AvgIpc) is 2.80. The van der Waals surface area contributed by atoms with Gasteiger partial charge in [-0.25, -0.2) is 9.18 Å². The Labute approximate surface area is 125 Å². The van der Waals surface area contributed by atoms with Crippen LogP contribution in [-0.4, -0.2) is 10.5 Å². The highest BCUT2D eigenvalue weighted by molar-refractivity contribution is 5.97. The molecule has 6 heteroatoms. The van der Waals surface area contributed by atoms with E-state index in [4.69, 9.17) is 4.42 Å². The number of aromatic nitrogens is 1. The molecule has 0 radical (unpaired) electrons. The maximum absolute atomic E-state index is 13.5. The van der Waals surface area contributed by atoms with Crippen LogP contribution in [0.3, 0.4) is 0 Å². The predicted octanol–water partition coefficient (Wildman–Crippen LogP) is 2.20. The lowest BCUT2D eigenvalue weighted by Gasteiger charge is -2.06. The van der Waals surface area contributed by atoms with Gasteiger partial charge in [0.2, 0.25) is 0 Å². The third-order valence-corrected chi connectivity index (χ3v) is 3.45. The first kappa shape index (κ1) is 14.1. The second-order valence-electron chi connectivity index (χ2n) is 4.88. The first-order valence-corrected chi connectivity index (χ1v) is 6.67. The van der Waals surface area contributed by atoms with Crippen molar-refractivity contribution in [3.63, 3.8) is 0 Å². The normalized spacial score (nSPS) is 10.8. The third kappa shape index (κ3) is 2.50. The van der Waals surface area contributed by atoms with E-state index >= 15 is 0 Å². The first-order chi connectivity index (χ1) is 10.6. The Hall–Kier alpha value is -2.89. The summed E-state index contributed by atoms with van der Waals surface area (Å²) >= 11 is 0. The molecular formula is C16H13FN2O3. The zero-order valence-electron chi connectivity index (χ0n) is 11.8. The average molecular weight is 300 g/mol. The Morgan fingerprint density at radius 3 is 2.82 bits per heavy atom. The van der Waals surface area contributed by atoms with E-state index in [1.807, 2.05) is 0 Å². The summed E-state index contributed by atoms with van der Waals surface area (Å²) in [5, 5.41) is 2.64. The van der Waals surface area contributed by atoms with E-state index in [-0.39, 0.29) is 18.3 Å². The van der Waals surface area contributed by atoms with Gasteiger partial charge in [-0.15, -0.1) is 0 Å². The highest BCUT2D eigenvalue weighted by atomic mass is 19.1. The molecule has 112 valence electrons. The van der Waals surface area contributed by atoms with Crippen LogP contribution in [0.5, 0.6) is 0 Å². The minimum absolute atomic E-state index is 0.0856. The minimum atomic E-state index is -0.487. The molecule has 1 aromatic heterocycles. The van der Waals surface area contributed by atoms with Gasteiger partial charge in [-0.2, -0.15) is 0 Å². The van der Waals surface area contributed by atoms with Crippen molar-refractivity contribution in [1.82, 2.24) is 9.88 Å². The van der Waals surface area contributed by atoms with Crippen LogP contribution >= 0.6 is 0 Å². The zero-order valence-corrected chi connectivity index (χ0v) is 11.8. The van der Waals surface area contributed by atoms with Crippen LogP contribution < -0.4 is 11.1 Å². The summed E-state index contributed by atoms with van der Waals surface area (Å²) in [4.78, 5) is 23.5. The number of nitrogens with zero attached hydrogens (tertiary/aromatic N) is 1. The molecule has 2 aromatic carbocycles. The number of rotatable bonds is 3. The van der Waals surface area contributed by atoms with Gasteiger partial charge in [0, 0.05) is 24.7 Å². The van der Waals surface area contributed by atoms with Gasteiger partial charge in [0.1, 0.15) is 5.82 Å². The van der Waals surface area contributed by atoms with Crippen molar-refractivity contribution in [3.8, 4) is 0 Å². The molecule has 1 heterocycles. The lowest BCUT2D eigenvalue weighted by molar-refractivity contribution is 0.0950. The topological polar surface area (TPSA) is 64.2 Å². The van der Waals surface area contributed by atoms with Gasteiger partial charge >= 0.3 is 5.76 Å². The summed E-state index contributed by atoms with van der Waals surface area (Å²) in [7, 11) is 1.59. The van der Waals surface area contributed by atoms with Crippen LogP contribution in [0.1, 0.15) is 15.9 Å².